The van der Waals surface area contributed by atoms with E-state index in [9.17, 15) is 19.8 Å². The molecule has 150 valence electrons. The first-order valence-corrected chi connectivity index (χ1v) is 9.89. The van der Waals surface area contributed by atoms with Crippen molar-refractivity contribution in [1.29, 1.82) is 0 Å². The summed E-state index contributed by atoms with van der Waals surface area (Å²) in [5.74, 6) is -1.12. The van der Waals surface area contributed by atoms with Crippen molar-refractivity contribution in [3.05, 3.63) is 23.3 Å². The summed E-state index contributed by atoms with van der Waals surface area (Å²) in [5, 5.41) is 21.5. The second kappa shape index (κ2) is 6.56. The Hall–Kier alpha value is -1.46. The van der Waals surface area contributed by atoms with Crippen molar-refractivity contribution in [1.82, 2.24) is 0 Å². The smallest absolute Gasteiger partial charge is 0.303 e. The lowest BCUT2D eigenvalue weighted by atomic mass is 9.81. The first-order chi connectivity index (χ1) is 12.4. The number of aliphatic hydroxyl groups excluding tert-OH is 2. The van der Waals surface area contributed by atoms with Gasteiger partial charge in [-0.3, -0.25) is 9.59 Å². The van der Waals surface area contributed by atoms with Crippen molar-refractivity contribution < 1.29 is 24.5 Å². The van der Waals surface area contributed by atoms with Gasteiger partial charge in [-0.05, 0) is 54.6 Å². The standard InChI is InChI=1S/C22H32O5/c1-11-7-17-19(25)13(3)10-22(17,27-14(4)23)20(26)12(2)8-15-16(9-18(11)24)21(15,5)6/h7-8,13,15-19,24-25H,9-10H2,1-6H3/b11-7+,12-8+/t13-,15-,16-,17+,18-,19+,22-/m1/s1. The zero-order chi connectivity index (χ0) is 20.3. The van der Waals surface area contributed by atoms with Crippen molar-refractivity contribution in [2.24, 2.45) is 29.1 Å². The number of Topliss-reactive ketones (excluding diaryl/α,β-unsaturated/α-hetero) is 1. The Morgan fingerprint density at radius 2 is 1.81 bits per heavy atom. The Balaban J connectivity index is 2.15. The van der Waals surface area contributed by atoms with Crippen LogP contribution in [0.5, 0.6) is 0 Å². The van der Waals surface area contributed by atoms with Gasteiger partial charge in [0.2, 0.25) is 5.78 Å². The van der Waals surface area contributed by atoms with Gasteiger partial charge in [0.1, 0.15) is 0 Å². The van der Waals surface area contributed by atoms with Gasteiger partial charge in [-0.2, -0.15) is 0 Å². The molecule has 2 saturated carbocycles. The summed E-state index contributed by atoms with van der Waals surface area (Å²) in [7, 11) is 0. The van der Waals surface area contributed by atoms with E-state index in [0.29, 0.717) is 17.9 Å². The summed E-state index contributed by atoms with van der Waals surface area (Å²) in [6.45, 7) is 11.1. The Labute approximate surface area is 161 Å². The average molecular weight is 376 g/mol. The summed E-state index contributed by atoms with van der Waals surface area (Å²) >= 11 is 0. The van der Waals surface area contributed by atoms with Crippen molar-refractivity contribution in [2.75, 3.05) is 0 Å². The van der Waals surface area contributed by atoms with Gasteiger partial charge >= 0.3 is 5.97 Å². The largest absolute Gasteiger partial charge is 0.450 e. The third kappa shape index (κ3) is 3.19. The van der Waals surface area contributed by atoms with Crippen LogP contribution in [0.1, 0.15) is 54.4 Å². The van der Waals surface area contributed by atoms with Crippen LogP contribution in [-0.4, -0.2) is 39.8 Å². The molecule has 0 heterocycles. The van der Waals surface area contributed by atoms with Crippen molar-refractivity contribution in [2.45, 2.75) is 72.2 Å². The molecule has 2 fully saturated rings. The van der Waals surface area contributed by atoms with Gasteiger partial charge in [0.25, 0.3) is 0 Å². The van der Waals surface area contributed by atoms with Crippen LogP contribution in [0.3, 0.4) is 0 Å². The highest BCUT2D eigenvalue weighted by molar-refractivity contribution is 6.03. The van der Waals surface area contributed by atoms with E-state index in [1.54, 1.807) is 13.0 Å². The number of fused-ring (bicyclic) bond motifs is 2. The minimum absolute atomic E-state index is 0.0263. The van der Waals surface area contributed by atoms with Crippen LogP contribution < -0.4 is 0 Å². The van der Waals surface area contributed by atoms with Crippen LogP contribution in [0.4, 0.5) is 0 Å². The van der Waals surface area contributed by atoms with E-state index >= 15 is 0 Å². The Bertz CT molecular complexity index is 718. The molecule has 0 aromatic heterocycles. The lowest BCUT2D eigenvalue weighted by Crippen LogP contribution is -2.48. The fourth-order valence-electron chi connectivity index (χ4n) is 5.32. The SMILES string of the molecule is CC(=O)O[C@]12C[C@@H](C)[C@H](O)[C@@H]1/C=C(\C)[C@H](O)C[C@@H]1[C@@H](/C=C(\C)C2=O)C1(C)C. The number of rotatable bonds is 1. The summed E-state index contributed by atoms with van der Waals surface area (Å²) in [6.07, 6.45) is 3.20. The van der Waals surface area contributed by atoms with Gasteiger partial charge in [0.15, 0.2) is 5.60 Å². The lowest BCUT2D eigenvalue weighted by molar-refractivity contribution is -0.168. The Kier molecular flexibility index (Phi) is 4.92. The van der Waals surface area contributed by atoms with Gasteiger partial charge < -0.3 is 14.9 Å². The van der Waals surface area contributed by atoms with Crippen LogP contribution in [0.15, 0.2) is 23.3 Å². The minimum Gasteiger partial charge on any atom is -0.450 e. The molecule has 3 aliphatic carbocycles. The van der Waals surface area contributed by atoms with Gasteiger partial charge in [-0.25, -0.2) is 0 Å². The molecular formula is C22H32O5. The molecule has 0 aliphatic heterocycles. The molecule has 0 bridgehead atoms. The zero-order valence-corrected chi connectivity index (χ0v) is 17.2. The van der Waals surface area contributed by atoms with E-state index in [1.165, 1.54) is 6.92 Å². The highest BCUT2D eigenvalue weighted by Crippen LogP contribution is 2.62. The van der Waals surface area contributed by atoms with E-state index in [1.807, 2.05) is 19.9 Å². The van der Waals surface area contributed by atoms with Gasteiger partial charge in [-0.15, -0.1) is 0 Å². The average Bonchev–Trinajstić information content (AvgIpc) is 2.97. The summed E-state index contributed by atoms with van der Waals surface area (Å²) < 4.78 is 5.67. The highest BCUT2D eigenvalue weighted by Gasteiger charge is 2.60. The van der Waals surface area contributed by atoms with Crippen LogP contribution in [0.2, 0.25) is 0 Å². The predicted molar refractivity (Wildman–Crippen MR) is 102 cm³/mol. The molecule has 0 radical (unpaired) electrons. The van der Waals surface area contributed by atoms with Crippen molar-refractivity contribution in [3.63, 3.8) is 0 Å². The lowest BCUT2D eigenvalue weighted by Gasteiger charge is -2.33. The van der Waals surface area contributed by atoms with Crippen molar-refractivity contribution in [3.8, 4) is 0 Å². The number of hydrogen-bond donors (Lipinski definition) is 2. The first kappa shape index (κ1) is 20.3. The van der Waals surface area contributed by atoms with E-state index in [0.717, 1.165) is 5.57 Å². The van der Waals surface area contributed by atoms with Crippen LogP contribution in [0.25, 0.3) is 0 Å². The highest BCUT2D eigenvalue weighted by atomic mass is 16.6. The van der Waals surface area contributed by atoms with Crippen LogP contribution in [-0.2, 0) is 14.3 Å². The number of ketones is 1. The quantitative estimate of drug-likeness (QED) is 0.543. The number of ether oxygens (including phenoxy) is 1. The molecule has 0 amide bonds. The third-order valence-electron chi connectivity index (χ3n) is 7.20. The van der Waals surface area contributed by atoms with Crippen LogP contribution in [0, 0.1) is 29.1 Å². The predicted octanol–water partition coefficient (Wildman–Crippen LogP) is 2.80. The molecule has 5 nitrogen and oxygen atoms in total. The van der Waals surface area contributed by atoms with Crippen molar-refractivity contribution >= 4 is 11.8 Å². The van der Waals surface area contributed by atoms with Crippen LogP contribution >= 0.6 is 0 Å². The molecule has 7 atom stereocenters. The van der Waals surface area contributed by atoms with E-state index in [2.05, 4.69) is 13.8 Å². The Morgan fingerprint density at radius 3 is 2.41 bits per heavy atom. The molecule has 5 heteroatoms. The molecule has 2 N–H and O–H groups in total. The normalized spacial score (nSPS) is 47.5. The Morgan fingerprint density at radius 1 is 1.19 bits per heavy atom. The van der Waals surface area contributed by atoms with E-state index < -0.39 is 29.7 Å². The molecule has 27 heavy (non-hydrogen) atoms. The first-order valence-electron chi connectivity index (χ1n) is 9.89. The second-order valence-electron chi connectivity index (χ2n) is 9.48. The van der Waals surface area contributed by atoms with E-state index in [4.69, 9.17) is 4.74 Å². The van der Waals surface area contributed by atoms with Gasteiger partial charge in [0.05, 0.1) is 18.1 Å². The number of carbonyl (C=O) groups is 2. The number of esters is 1. The summed E-state index contributed by atoms with van der Waals surface area (Å²) in [4.78, 5) is 25.4. The molecule has 3 rings (SSSR count). The monoisotopic (exact) mass is 376 g/mol. The molecule has 0 spiro atoms. The fourth-order valence-corrected chi connectivity index (χ4v) is 5.32. The fraction of sp³-hybridized carbons (Fsp3) is 0.727. The maximum absolute atomic E-state index is 13.5. The molecule has 0 aromatic rings. The number of aliphatic hydroxyl groups is 2. The minimum atomic E-state index is -1.41. The second-order valence-corrected chi connectivity index (χ2v) is 9.48. The topological polar surface area (TPSA) is 83.8 Å². The summed E-state index contributed by atoms with van der Waals surface area (Å²) in [5.41, 5.74) is -0.0899. The van der Waals surface area contributed by atoms with E-state index in [-0.39, 0.29) is 29.5 Å². The number of hydrogen-bond acceptors (Lipinski definition) is 5. The number of carbonyl (C=O) groups excluding carboxylic acids is 2. The molecular weight excluding hydrogens is 344 g/mol. The maximum Gasteiger partial charge on any atom is 0.303 e. The third-order valence-corrected chi connectivity index (χ3v) is 7.20. The zero-order valence-electron chi connectivity index (χ0n) is 17.2. The van der Waals surface area contributed by atoms with Gasteiger partial charge in [-0.1, -0.05) is 32.9 Å². The maximum atomic E-state index is 13.5. The molecule has 3 aliphatic rings. The number of allylic oxidation sites excluding steroid dienone is 1. The molecule has 0 aromatic carbocycles. The summed E-state index contributed by atoms with van der Waals surface area (Å²) in [6, 6.07) is 0. The molecule has 0 unspecified atom stereocenters. The van der Waals surface area contributed by atoms with Gasteiger partial charge in [0, 0.05) is 13.3 Å². The molecule has 0 saturated heterocycles.